The number of halogens is 2. The summed E-state index contributed by atoms with van der Waals surface area (Å²) in [5.74, 6) is -1.13. The van der Waals surface area contributed by atoms with E-state index >= 15 is 0 Å². The van der Waals surface area contributed by atoms with E-state index < -0.39 is 22.6 Å². The third kappa shape index (κ3) is 5.61. The molecule has 1 aliphatic rings. The molecule has 0 saturated carbocycles. The Kier molecular flexibility index (Phi) is 7.01. The summed E-state index contributed by atoms with van der Waals surface area (Å²) in [5, 5.41) is 0.0387. The number of ether oxygens (including phenoxy) is 1. The first-order valence-corrected chi connectivity index (χ1v) is 11.7. The summed E-state index contributed by atoms with van der Waals surface area (Å²) < 4.78 is 33.8. The smallest absolute Gasteiger partial charge is 0.340 e. The molecular weight excluding hydrogens is 531 g/mol. The van der Waals surface area contributed by atoms with E-state index in [0.717, 1.165) is 22.5 Å². The Morgan fingerprint density at radius 3 is 2.41 bits per heavy atom. The number of benzene rings is 2. The zero-order chi connectivity index (χ0) is 21.0. The molecule has 0 unspecified atom stereocenters. The van der Waals surface area contributed by atoms with Gasteiger partial charge in [-0.25, -0.2) is 13.2 Å². The molecule has 7 nitrogen and oxygen atoms in total. The maximum absolute atomic E-state index is 12.6. The average molecular weight is 549 g/mol. The van der Waals surface area contributed by atoms with Crippen molar-refractivity contribution in [3.63, 3.8) is 0 Å². The molecule has 0 atom stereocenters. The maximum Gasteiger partial charge on any atom is 0.340 e. The van der Waals surface area contributed by atoms with Crippen molar-refractivity contribution in [1.29, 1.82) is 0 Å². The van der Waals surface area contributed by atoms with Gasteiger partial charge in [-0.3, -0.25) is 9.52 Å². The molecule has 10 heteroatoms. The fourth-order valence-electron chi connectivity index (χ4n) is 2.82. The number of amides is 1. The highest BCUT2D eigenvalue weighted by Gasteiger charge is 2.22. The van der Waals surface area contributed by atoms with E-state index in [4.69, 9.17) is 16.3 Å². The van der Waals surface area contributed by atoms with Crippen LogP contribution in [0.1, 0.15) is 23.2 Å². The largest absolute Gasteiger partial charge is 0.452 e. The lowest BCUT2D eigenvalue weighted by Gasteiger charge is -2.15. The number of likely N-dealkylation sites (tertiary alicyclic amines) is 1. The van der Waals surface area contributed by atoms with E-state index in [9.17, 15) is 18.0 Å². The fourth-order valence-corrected chi connectivity index (χ4v) is 4.46. The van der Waals surface area contributed by atoms with E-state index in [2.05, 4.69) is 27.3 Å². The molecule has 1 N–H and O–H groups in total. The van der Waals surface area contributed by atoms with Crippen molar-refractivity contribution < 1.29 is 22.7 Å². The third-order valence-electron chi connectivity index (χ3n) is 4.35. The number of esters is 1. The molecule has 0 aromatic heterocycles. The standard InChI is InChI=1S/C19H18ClIN2O5S/c20-17-8-7-15(29(26,27)22-14-5-3-13(21)4-6-14)11-16(17)19(25)28-12-18(24)23-9-1-2-10-23/h3-8,11,22H,1-2,9-10,12H2. The van der Waals surface area contributed by atoms with Crippen molar-refractivity contribution in [1.82, 2.24) is 4.90 Å². The molecule has 1 fully saturated rings. The van der Waals surface area contributed by atoms with Crippen LogP contribution in [0.3, 0.4) is 0 Å². The molecule has 2 aromatic carbocycles. The molecule has 1 saturated heterocycles. The number of carbonyl (C=O) groups excluding carboxylic acids is 2. The lowest BCUT2D eigenvalue weighted by molar-refractivity contribution is -0.133. The third-order valence-corrected chi connectivity index (χ3v) is 6.78. The molecule has 0 radical (unpaired) electrons. The van der Waals surface area contributed by atoms with Crippen LogP contribution in [0.5, 0.6) is 0 Å². The number of carbonyl (C=O) groups is 2. The molecular formula is C19H18ClIN2O5S. The van der Waals surface area contributed by atoms with Crippen LogP contribution in [0.25, 0.3) is 0 Å². The number of nitrogens with zero attached hydrogens (tertiary/aromatic N) is 1. The molecule has 0 aliphatic carbocycles. The Bertz CT molecular complexity index is 1020. The molecule has 0 bridgehead atoms. The van der Waals surface area contributed by atoms with Gasteiger partial charge in [-0.05, 0) is 77.9 Å². The second kappa shape index (κ2) is 9.31. The van der Waals surface area contributed by atoms with Crippen molar-refractivity contribution in [3.05, 3.63) is 56.6 Å². The second-order valence-electron chi connectivity index (χ2n) is 6.42. The van der Waals surface area contributed by atoms with Crippen molar-refractivity contribution in [2.45, 2.75) is 17.7 Å². The predicted molar refractivity (Wildman–Crippen MR) is 118 cm³/mol. The Balaban J connectivity index is 1.73. The molecule has 2 aromatic rings. The Labute approximate surface area is 187 Å². The van der Waals surface area contributed by atoms with Gasteiger partial charge in [-0.15, -0.1) is 0 Å². The van der Waals surface area contributed by atoms with Crippen LogP contribution in [0, 0.1) is 3.57 Å². The van der Waals surface area contributed by atoms with Crippen LogP contribution in [-0.2, 0) is 19.6 Å². The van der Waals surface area contributed by atoms with Crippen LogP contribution in [-0.4, -0.2) is 44.9 Å². The van der Waals surface area contributed by atoms with Gasteiger partial charge in [0, 0.05) is 22.3 Å². The molecule has 0 spiro atoms. The van der Waals surface area contributed by atoms with Gasteiger partial charge in [0.25, 0.3) is 15.9 Å². The molecule has 3 rings (SSSR count). The number of rotatable bonds is 6. The zero-order valence-corrected chi connectivity index (χ0v) is 19.0. The molecule has 1 amide bonds. The monoisotopic (exact) mass is 548 g/mol. The number of hydrogen-bond donors (Lipinski definition) is 1. The Hall–Kier alpha value is -1.85. The summed E-state index contributed by atoms with van der Waals surface area (Å²) in [6.07, 6.45) is 1.86. The second-order valence-corrected chi connectivity index (χ2v) is 9.75. The first-order valence-electron chi connectivity index (χ1n) is 8.79. The number of anilines is 1. The summed E-state index contributed by atoms with van der Waals surface area (Å²) >= 11 is 8.16. The highest BCUT2D eigenvalue weighted by molar-refractivity contribution is 14.1. The molecule has 29 heavy (non-hydrogen) atoms. The van der Waals surface area contributed by atoms with E-state index in [1.807, 2.05) is 0 Å². The maximum atomic E-state index is 12.6. The van der Waals surface area contributed by atoms with Crippen LogP contribution in [0.2, 0.25) is 5.02 Å². The van der Waals surface area contributed by atoms with Gasteiger partial charge in [0.05, 0.1) is 15.5 Å². The topological polar surface area (TPSA) is 92.8 Å². The van der Waals surface area contributed by atoms with Crippen LogP contribution in [0.4, 0.5) is 5.69 Å². The van der Waals surface area contributed by atoms with Crippen LogP contribution >= 0.6 is 34.2 Å². The minimum absolute atomic E-state index is 0.0387. The molecule has 1 heterocycles. The van der Waals surface area contributed by atoms with E-state index in [1.54, 1.807) is 29.2 Å². The lowest BCUT2D eigenvalue weighted by Crippen LogP contribution is -2.32. The van der Waals surface area contributed by atoms with Gasteiger partial charge < -0.3 is 9.64 Å². The first-order chi connectivity index (χ1) is 13.8. The lowest BCUT2D eigenvalue weighted by atomic mass is 10.2. The van der Waals surface area contributed by atoms with Crippen molar-refractivity contribution in [3.8, 4) is 0 Å². The highest BCUT2D eigenvalue weighted by atomic mass is 127. The van der Waals surface area contributed by atoms with Crippen LogP contribution in [0.15, 0.2) is 47.4 Å². The summed E-state index contributed by atoms with van der Waals surface area (Å²) in [4.78, 5) is 25.9. The molecule has 1 aliphatic heterocycles. The van der Waals surface area contributed by atoms with Crippen molar-refractivity contribution in [2.75, 3.05) is 24.4 Å². The van der Waals surface area contributed by atoms with Crippen molar-refractivity contribution >= 4 is 61.8 Å². The Morgan fingerprint density at radius 1 is 1.10 bits per heavy atom. The summed E-state index contributed by atoms with van der Waals surface area (Å²) in [6.45, 7) is 0.886. The first kappa shape index (κ1) is 21.8. The van der Waals surface area contributed by atoms with E-state index in [0.29, 0.717) is 18.8 Å². The van der Waals surface area contributed by atoms with Gasteiger partial charge in [-0.2, -0.15) is 0 Å². The fraction of sp³-hybridized carbons (Fsp3) is 0.263. The molecule has 154 valence electrons. The number of hydrogen-bond acceptors (Lipinski definition) is 5. The average Bonchev–Trinajstić information content (AvgIpc) is 3.22. The minimum Gasteiger partial charge on any atom is -0.452 e. The minimum atomic E-state index is -3.94. The van der Waals surface area contributed by atoms with Gasteiger partial charge in [0.15, 0.2) is 6.61 Å². The predicted octanol–water partition coefficient (Wildman–Crippen LogP) is 3.52. The van der Waals surface area contributed by atoms with Crippen LogP contribution < -0.4 is 4.72 Å². The van der Waals surface area contributed by atoms with Crippen molar-refractivity contribution in [2.24, 2.45) is 0 Å². The van der Waals surface area contributed by atoms with Gasteiger partial charge in [0.2, 0.25) is 0 Å². The van der Waals surface area contributed by atoms with Gasteiger partial charge in [0.1, 0.15) is 0 Å². The zero-order valence-electron chi connectivity index (χ0n) is 15.2. The van der Waals surface area contributed by atoms with E-state index in [1.165, 1.54) is 12.1 Å². The summed E-state index contributed by atoms with van der Waals surface area (Å²) in [5.41, 5.74) is 0.270. The summed E-state index contributed by atoms with van der Waals surface area (Å²) in [7, 11) is -3.94. The Morgan fingerprint density at radius 2 is 1.76 bits per heavy atom. The normalized spacial score (nSPS) is 13.9. The SMILES string of the molecule is O=C(OCC(=O)N1CCCC1)c1cc(S(=O)(=O)Nc2ccc(I)cc2)ccc1Cl. The number of nitrogens with one attached hydrogen (secondary N) is 1. The highest BCUT2D eigenvalue weighted by Crippen LogP contribution is 2.24. The van der Waals surface area contributed by atoms with Gasteiger partial charge >= 0.3 is 5.97 Å². The summed E-state index contributed by atoms with van der Waals surface area (Å²) in [6, 6.07) is 10.5. The van der Waals surface area contributed by atoms with E-state index in [-0.39, 0.29) is 21.4 Å². The number of sulfonamides is 1. The quantitative estimate of drug-likeness (QED) is 0.441. The van der Waals surface area contributed by atoms with Gasteiger partial charge in [-0.1, -0.05) is 11.6 Å².